The van der Waals surface area contributed by atoms with E-state index in [0.29, 0.717) is 18.7 Å². The summed E-state index contributed by atoms with van der Waals surface area (Å²) in [7, 11) is 1.90. The average molecular weight is 337 g/mol. The Bertz CT molecular complexity index is 854. The Balaban J connectivity index is 1.99. The molecule has 0 radical (unpaired) electrons. The first kappa shape index (κ1) is 17.2. The second-order valence-corrected chi connectivity index (χ2v) is 6.15. The maximum atomic E-state index is 13.3. The number of nitrogens with zero attached hydrogens (tertiary/aromatic N) is 3. The van der Waals surface area contributed by atoms with Gasteiger partial charge in [0.2, 0.25) is 0 Å². The first-order valence-electron chi connectivity index (χ1n) is 8.52. The summed E-state index contributed by atoms with van der Waals surface area (Å²) in [5.74, 6) is -0.0924. The Kier molecular flexibility index (Phi) is 5.14. The van der Waals surface area contributed by atoms with Gasteiger partial charge in [-0.3, -0.25) is 9.78 Å². The minimum absolute atomic E-state index is 0.0704. The maximum absolute atomic E-state index is 13.3. The lowest BCUT2D eigenvalue weighted by molar-refractivity contribution is 0.0551. The van der Waals surface area contributed by atoms with Crippen LogP contribution < -0.4 is 0 Å². The minimum atomic E-state index is -0.243. The van der Waals surface area contributed by atoms with Crippen molar-refractivity contribution < 1.29 is 9.90 Å². The van der Waals surface area contributed by atoms with E-state index >= 15 is 0 Å². The molecule has 0 aliphatic rings. The fourth-order valence-electron chi connectivity index (χ4n) is 3.12. The van der Waals surface area contributed by atoms with E-state index in [0.717, 1.165) is 16.6 Å². The highest BCUT2D eigenvalue weighted by molar-refractivity contribution is 5.98. The van der Waals surface area contributed by atoms with Crippen LogP contribution in [0.3, 0.4) is 0 Å². The molecule has 25 heavy (non-hydrogen) atoms. The van der Waals surface area contributed by atoms with Gasteiger partial charge in [-0.25, -0.2) is 0 Å². The van der Waals surface area contributed by atoms with Gasteiger partial charge in [0.15, 0.2) is 0 Å². The molecule has 0 aliphatic carbocycles. The summed E-state index contributed by atoms with van der Waals surface area (Å²) < 4.78 is 1.91. The predicted molar refractivity (Wildman–Crippen MR) is 98.2 cm³/mol. The molecule has 1 N–H and O–H groups in total. The zero-order valence-electron chi connectivity index (χ0n) is 14.6. The van der Waals surface area contributed by atoms with Crippen LogP contribution in [0.4, 0.5) is 0 Å². The standard InChI is InChI=1S/C20H23N3O2/c1-3-17(14-24)23(13-16-9-6-7-11-21-16)20(25)19-12-15-8-4-5-10-18(15)22(19)2/h4-12,17,24H,3,13-14H2,1-2H3. The van der Waals surface area contributed by atoms with Crippen LogP contribution in [-0.4, -0.2) is 38.1 Å². The van der Waals surface area contributed by atoms with Crippen molar-refractivity contribution in [2.24, 2.45) is 7.05 Å². The van der Waals surface area contributed by atoms with Gasteiger partial charge in [-0.15, -0.1) is 0 Å². The summed E-state index contributed by atoms with van der Waals surface area (Å²) in [5.41, 5.74) is 2.44. The van der Waals surface area contributed by atoms with E-state index in [1.54, 1.807) is 11.1 Å². The lowest BCUT2D eigenvalue weighted by Gasteiger charge is -2.30. The molecule has 0 aliphatic heterocycles. The molecule has 0 fully saturated rings. The molecule has 2 aromatic heterocycles. The van der Waals surface area contributed by atoms with Gasteiger partial charge in [-0.2, -0.15) is 0 Å². The minimum Gasteiger partial charge on any atom is -0.394 e. The van der Waals surface area contributed by atoms with Crippen LogP contribution in [0.25, 0.3) is 10.9 Å². The molecule has 3 aromatic rings. The number of amides is 1. The third kappa shape index (κ3) is 3.42. The van der Waals surface area contributed by atoms with Crippen LogP contribution in [0.15, 0.2) is 54.7 Å². The number of rotatable bonds is 6. The van der Waals surface area contributed by atoms with E-state index in [9.17, 15) is 9.90 Å². The fraction of sp³-hybridized carbons (Fsp3) is 0.300. The zero-order valence-corrected chi connectivity index (χ0v) is 14.6. The Hall–Kier alpha value is -2.66. The molecule has 0 saturated carbocycles. The second kappa shape index (κ2) is 7.49. The number of benzene rings is 1. The molecule has 0 spiro atoms. The smallest absolute Gasteiger partial charge is 0.271 e. The molecule has 0 bridgehead atoms. The van der Waals surface area contributed by atoms with Crippen molar-refractivity contribution in [3.8, 4) is 0 Å². The van der Waals surface area contributed by atoms with Crippen molar-refractivity contribution in [2.75, 3.05) is 6.61 Å². The van der Waals surface area contributed by atoms with Crippen LogP contribution in [0.1, 0.15) is 29.5 Å². The molecule has 1 atom stereocenters. The largest absolute Gasteiger partial charge is 0.394 e. The topological polar surface area (TPSA) is 58.4 Å². The molecule has 2 heterocycles. The second-order valence-electron chi connectivity index (χ2n) is 6.15. The fourth-order valence-corrected chi connectivity index (χ4v) is 3.12. The Morgan fingerprint density at radius 1 is 1.24 bits per heavy atom. The third-order valence-corrected chi connectivity index (χ3v) is 4.61. The number of carbonyl (C=O) groups is 1. The summed E-state index contributed by atoms with van der Waals surface area (Å²) in [6.07, 6.45) is 2.40. The quantitative estimate of drug-likeness (QED) is 0.752. The van der Waals surface area contributed by atoms with Gasteiger partial charge in [0.25, 0.3) is 5.91 Å². The van der Waals surface area contributed by atoms with E-state index in [-0.39, 0.29) is 18.6 Å². The van der Waals surface area contributed by atoms with Crippen molar-refractivity contribution in [1.29, 1.82) is 0 Å². The highest BCUT2D eigenvalue weighted by Gasteiger charge is 2.26. The maximum Gasteiger partial charge on any atom is 0.271 e. The number of aliphatic hydroxyl groups excluding tert-OH is 1. The lowest BCUT2D eigenvalue weighted by atomic mass is 10.1. The van der Waals surface area contributed by atoms with Crippen molar-refractivity contribution >= 4 is 16.8 Å². The summed E-state index contributed by atoms with van der Waals surface area (Å²) >= 11 is 0. The third-order valence-electron chi connectivity index (χ3n) is 4.61. The summed E-state index contributed by atoms with van der Waals surface area (Å²) in [6.45, 7) is 2.28. The molecule has 130 valence electrons. The zero-order chi connectivity index (χ0) is 17.8. The van der Waals surface area contributed by atoms with E-state index < -0.39 is 0 Å². The van der Waals surface area contributed by atoms with Crippen molar-refractivity contribution in [2.45, 2.75) is 25.9 Å². The number of aryl methyl sites for hydroxylation is 1. The lowest BCUT2D eigenvalue weighted by Crippen LogP contribution is -2.42. The van der Waals surface area contributed by atoms with Gasteiger partial charge >= 0.3 is 0 Å². The normalized spacial score (nSPS) is 12.3. The molecular weight excluding hydrogens is 314 g/mol. The van der Waals surface area contributed by atoms with Gasteiger partial charge in [-0.1, -0.05) is 31.2 Å². The summed E-state index contributed by atoms with van der Waals surface area (Å²) in [6, 6.07) is 15.2. The Labute approximate surface area is 147 Å². The number of hydrogen-bond acceptors (Lipinski definition) is 3. The van der Waals surface area contributed by atoms with Crippen LogP contribution in [-0.2, 0) is 13.6 Å². The van der Waals surface area contributed by atoms with Crippen molar-refractivity contribution in [3.05, 3.63) is 66.1 Å². The molecule has 0 saturated heterocycles. The van der Waals surface area contributed by atoms with Gasteiger partial charge in [0.1, 0.15) is 5.69 Å². The molecular formula is C20H23N3O2. The number of aromatic nitrogens is 2. The number of hydrogen-bond donors (Lipinski definition) is 1. The monoisotopic (exact) mass is 337 g/mol. The highest BCUT2D eigenvalue weighted by Crippen LogP contribution is 2.21. The van der Waals surface area contributed by atoms with E-state index in [1.165, 1.54) is 0 Å². The molecule has 3 rings (SSSR count). The molecule has 5 heteroatoms. The van der Waals surface area contributed by atoms with Gasteiger partial charge in [-0.05, 0) is 30.7 Å². The Morgan fingerprint density at radius 2 is 2.00 bits per heavy atom. The number of aliphatic hydroxyl groups is 1. The Morgan fingerprint density at radius 3 is 2.64 bits per heavy atom. The molecule has 1 amide bonds. The van der Waals surface area contributed by atoms with E-state index in [2.05, 4.69) is 4.98 Å². The number of pyridine rings is 1. The number of para-hydroxylation sites is 1. The van der Waals surface area contributed by atoms with Crippen LogP contribution in [0.5, 0.6) is 0 Å². The van der Waals surface area contributed by atoms with E-state index in [1.807, 2.05) is 67.1 Å². The summed E-state index contributed by atoms with van der Waals surface area (Å²) in [5, 5.41) is 10.8. The molecule has 1 unspecified atom stereocenters. The molecule has 1 aromatic carbocycles. The average Bonchev–Trinajstić information content (AvgIpc) is 2.99. The first-order valence-corrected chi connectivity index (χ1v) is 8.52. The first-order chi connectivity index (χ1) is 12.2. The number of fused-ring (bicyclic) bond motifs is 1. The van der Waals surface area contributed by atoms with Gasteiger partial charge < -0.3 is 14.6 Å². The molecule has 5 nitrogen and oxygen atoms in total. The van der Waals surface area contributed by atoms with Crippen molar-refractivity contribution in [3.63, 3.8) is 0 Å². The van der Waals surface area contributed by atoms with Gasteiger partial charge in [0, 0.05) is 24.1 Å². The highest BCUT2D eigenvalue weighted by atomic mass is 16.3. The van der Waals surface area contributed by atoms with E-state index in [4.69, 9.17) is 0 Å². The predicted octanol–water partition coefficient (Wildman–Crippen LogP) is 2.99. The van der Waals surface area contributed by atoms with Gasteiger partial charge in [0.05, 0.1) is 24.9 Å². The SMILES string of the molecule is CCC(CO)N(Cc1ccccn1)C(=O)c1cc2ccccc2n1C. The van der Waals surface area contributed by atoms with Crippen molar-refractivity contribution in [1.82, 2.24) is 14.5 Å². The van der Waals surface area contributed by atoms with Crippen LogP contribution in [0.2, 0.25) is 0 Å². The number of carbonyl (C=O) groups excluding carboxylic acids is 1. The summed E-state index contributed by atoms with van der Waals surface area (Å²) in [4.78, 5) is 19.3. The van der Waals surface area contributed by atoms with Crippen LogP contribution >= 0.6 is 0 Å². The van der Waals surface area contributed by atoms with Crippen LogP contribution in [0, 0.1) is 0 Å².